The SMILES string of the molecule is COc1ccc(C(C(=O)O)N2CCN(c3ncnc4sc5c(c34)CCCC5)CC2)cc1. The molecule has 0 saturated carbocycles. The van der Waals surface area contributed by atoms with E-state index in [-0.39, 0.29) is 0 Å². The van der Waals surface area contributed by atoms with Gasteiger partial charge in [0.15, 0.2) is 0 Å². The fourth-order valence-corrected chi connectivity index (χ4v) is 6.02. The molecule has 1 saturated heterocycles. The highest BCUT2D eigenvalue weighted by molar-refractivity contribution is 7.19. The van der Waals surface area contributed by atoms with Crippen LogP contribution in [0.25, 0.3) is 10.2 Å². The van der Waals surface area contributed by atoms with Gasteiger partial charge < -0.3 is 14.7 Å². The molecule has 1 fully saturated rings. The predicted octanol–water partition coefficient (Wildman–Crippen LogP) is 3.53. The number of ether oxygens (including phenoxy) is 1. The second kappa shape index (κ2) is 8.43. The molecule has 3 heterocycles. The molecular formula is C23H26N4O3S. The minimum atomic E-state index is -0.824. The number of rotatable bonds is 5. The van der Waals surface area contributed by atoms with Crippen molar-refractivity contribution in [2.45, 2.75) is 31.7 Å². The Morgan fingerprint density at radius 2 is 1.84 bits per heavy atom. The molecule has 1 aliphatic carbocycles. The van der Waals surface area contributed by atoms with Gasteiger partial charge in [0.2, 0.25) is 0 Å². The quantitative estimate of drug-likeness (QED) is 0.653. The number of aliphatic carboxylic acids is 1. The van der Waals surface area contributed by atoms with Crippen LogP contribution in [0, 0.1) is 0 Å². The smallest absolute Gasteiger partial charge is 0.325 e. The zero-order chi connectivity index (χ0) is 21.4. The molecule has 1 aliphatic heterocycles. The first-order valence-electron chi connectivity index (χ1n) is 10.8. The summed E-state index contributed by atoms with van der Waals surface area (Å²) in [5.41, 5.74) is 2.21. The van der Waals surface area contributed by atoms with Crippen LogP contribution in [0.15, 0.2) is 30.6 Å². The molecule has 2 aromatic heterocycles. The first kappa shape index (κ1) is 20.2. The van der Waals surface area contributed by atoms with Crippen molar-refractivity contribution in [3.63, 3.8) is 0 Å². The molecule has 3 aromatic rings. The number of benzene rings is 1. The molecule has 5 rings (SSSR count). The molecule has 0 radical (unpaired) electrons. The van der Waals surface area contributed by atoms with Crippen LogP contribution in [0.3, 0.4) is 0 Å². The summed E-state index contributed by atoms with van der Waals surface area (Å²) in [4.78, 5) is 28.2. The molecule has 1 atom stereocenters. The summed E-state index contributed by atoms with van der Waals surface area (Å²) in [7, 11) is 1.61. The normalized spacial score (nSPS) is 18.0. The van der Waals surface area contributed by atoms with E-state index < -0.39 is 12.0 Å². The molecule has 1 unspecified atom stereocenters. The molecule has 1 aromatic carbocycles. The molecule has 2 aliphatic rings. The fraction of sp³-hybridized carbons (Fsp3) is 0.435. The minimum Gasteiger partial charge on any atom is -0.497 e. The molecule has 1 N–H and O–H groups in total. The maximum absolute atomic E-state index is 12.1. The molecule has 0 bridgehead atoms. The van der Waals surface area contributed by atoms with E-state index in [4.69, 9.17) is 4.74 Å². The van der Waals surface area contributed by atoms with Crippen molar-refractivity contribution in [1.29, 1.82) is 0 Å². The molecule has 8 heteroatoms. The van der Waals surface area contributed by atoms with Gasteiger partial charge in [0, 0.05) is 31.1 Å². The Labute approximate surface area is 185 Å². The lowest BCUT2D eigenvalue weighted by Crippen LogP contribution is -2.49. The minimum absolute atomic E-state index is 0.660. The molecule has 0 amide bonds. The zero-order valence-electron chi connectivity index (χ0n) is 17.6. The van der Waals surface area contributed by atoms with Crippen LogP contribution in [0.4, 0.5) is 5.82 Å². The van der Waals surface area contributed by atoms with Gasteiger partial charge in [-0.2, -0.15) is 0 Å². The second-order valence-corrected chi connectivity index (χ2v) is 9.21. The molecule has 162 valence electrons. The van der Waals surface area contributed by atoms with Crippen molar-refractivity contribution in [1.82, 2.24) is 14.9 Å². The van der Waals surface area contributed by atoms with Crippen LogP contribution in [0.2, 0.25) is 0 Å². The Balaban J connectivity index is 1.37. The van der Waals surface area contributed by atoms with Crippen LogP contribution in [-0.2, 0) is 17.6 Å². The van der Waals surface area contributed by atoms with Gasteiger partial charge in [-0.15, -0.1) is 11.3 Å². The van der Waals surface area contributed by atoms with E-state index in [2.05, 4.69) is 14.9 Å². The average Bonchev–Trinajstić information content (AvgIpc) is 3.19. The highest BCUT2D eigenvalue weighted by Gasteiger charge is 2.32. The number of piperazine rings is 1. The number of nitrogens with zero attached hydrogens (tertiary/aromatic N) is 4. The number of hydrogen-bond acceptors (Lipinski definition) is 7. The van der Waals surface area contributed by atoms with E-state index in [9.17, 15) is 9.90 Å². The van der Waals surface area contributed by atoms with E-state index in [0.717, 1.165) is 47.9 Å². The Morgan fingerprint density at radius 3 is 2.55 bits per heavy atom. The number of fused-ring (bicyclic) bond motifs is 3. The maximum atomic E-state index is 12.1. The van der Waals surface area contributed by atoms with Gasteiger partial charge in [0.05, 0.1) is 12.5 Å². The Bertz CT molecular complexity index is 1090. The van der Waals surface area contributed by atoms with Gasteiger partial charge in [-0.05, 0) is 48.9 Å². The molecule has 0 spiro atoms. The van der Waals surface area contributed by atoms with Gasteiger partial charge in [0.25, 0.3) is 0 Å². The number of anilines is 1. The first-order chi connectivity index (χ1) is 15.2. The monoisotopic (exact) mass is 438 g/mol. The van der Waals surface area contributed by atoms with E-state index in [1.165, 1.54) is 28.7 Å². The van der Waals surface area contributed by atoms with Gasteiger partial charge in [-0.3, -0.25) is 9.69 Å². The van der Waals surface area contributed by atoms with Crippen LogP contribution in [0.5, 0.6) is 5.75 Å². The summed E-state index contributed by atoms with van der Waals surface area (Å²) in [6.07, 6.45) is 6.40. The van der Waals surface area contributed by atoms with Crippen molar-refractivity contribution >= 4 is 33.3 Å². The number of hydrogen-bond donors (Lipinski definition) is 1. The second-order valence-electron chi connectivity index (χ2n) is 8.13. The number of carboxylic acids is 1. The fourth-order valence-electron chi connectivity index (χ4n) is 4.80. The van der Waals surface area contributed by atoms with Crippen LogP contribution < -0.4 is 9.64 Å². The van der Waals surface area contributed by atoms with Gasteiger partial charge >= 0.3 is 5.97 Å². The lowest BCUT2D eigenvalue weighted by atomic mass is 9.97. The highest BCUT2D eigenvalue weighted by atomic mass is 32.1. The Hall–Kier alpha value is -2.71. The van der Waals surface area contributed by atoms with Gasteiger partial charge in [0.1, 0.15) is 28.8 Å². The van der Waals surface area contributed by atoms with E-state index >= 15 is 0 Å². The summed E-state index contributed by atoms with van der Waals surface area (Å²) < 4.78 is 5.21. The summed E-state index contributed by atoms with van der Waals surface area (Å²) in [6.45, 7) is 2.83. The molecular weight excluding hydrogens is 412 g/mol. The number of carboxylic acid groups (broad SMARTS) is 1. The maximum Gasteiger partial charge on any atom is 0.325 e. The molecule has 31 heavy (non-hydrogen) atoms. The van der Waals surface area contributed by atoms with E-state index in [1.54, 1.807) is 13.4 Å². The standard InChI is InChI=1S/C23H26N4O3S/c1-30-16-8-6-15(7-9-16)20(23(28)29)26-10-12-27(13-11-26)21-19-17-4-2-3-5-18(17)31-22(19)25-14-24-21/h6-9,14,20H,2-5,10-13H2,1H3,(H,28,29). The number of aromatic nitrogens is 2. The summed E-state index contributed by atoms with van der Waals surface area (Å²) in [6, 6.07) is 6.66. The van der Waals surface area contributed by atoms with Crippen LogP contribution in [0.1, 0.15) is 34.9 Å². The number of aryl methyl sites for hydroxylation is 2. The summed E-state index contributed by atoms with van der Waals surface area (Å²) in [5, 5.41) is 11.2. The average molecular weight is 439 g/mol. The van der Waals surface area contributed by atoms with Gasteiger partial charge in [-0.25, -0.2) is 9.97 Å². The third-order valence-corrected chi connectivity index (χ3v) is 7.58. The third-order valence-electron chi connectivity index (χ3n) is 6.38. The van der Waals surface area contributed by atoms with Crippen molar-refractivity contribution < 1.29 is 14.6 Å². The first-order valence-corrected chi connectivity index (χ1v) is 11.6. The number of methoxy groups -OCH3 is 1. The topological polar surface area (TPSA) is 78.8 Å². The Kier molecular flexibility index (Phi) is 5.50. The van der Waals surface area contributed by atoms with Crippen molar-refractivity contribution in [3.8, 4) is 5.75 Å². The highest BCUT2D eigenvalue weighted by Crippen LogP contribution is 2.39. The molecule has 7 nitrogen and oxygen atoms in total. The van der Waals surface area contributed by atoms with Crippen LogP contribution >= 0.6 is 11.3 Å². The summed E-state index contributed by atoms with van der Waals surface area (Å²) >= 11 is 1.81. The van der Waals surface area contributed by atoms with Crippen molar-refractivity contribution in [2.75, 3.05) is 38.2 Å². The van der Waals surface area contributed by atoms with E-state index in [0.29, 0.717) is 13.1 Å². The predicted molar refractivity (Wildman–Crippen MR) is 121 cm³/mol. The van der Waals surface area contributed by atoms with Gasteiger partial charge in [-0.1, -0.05) is 12.1 Å². The zero-order valence-corrected chi connectivity index (χ0v) is 18.4. The summed E-state index contributed by atoms with van der Waals surface area (Å²) in [5.74, 6) is 0.917. The largest absolute Gasteiger partial charge is 0.497 e. The number of thiophene rings is 1. The van der Waals surface area contributed by atoms with Crippen LogP contribution in [-0.4, -0.2) is 59.2 Å². The van der Waals surface area contributed by atoms with Crippen molar-refractivity contribution in [3.05, 3.63) is 46.6 Å². The lowest BCUT2D eigenvalue weighted by Gasteiger charge is -2.38. The lowest BCUT2D eigenvalue weighted by molar-refractivity contribution is -0.143. The third kappa shape index (κ3) is 3.74. The Morgan fingerprint density at radius 1 is 1.10 bits per heavy atom. The number of carbonyl (C=O) groups is 1. The van der Waals surface area contributed by atoms with Crippen molar-refractivity contribution in [2.24, 2.45) is 0 Å². The van der Waals surface area contributed by atoms with E-state index in [1.807, 2.05) is 40.5 Å².